The summed E-state index contributed by atoms with van der Waals surface area (Å²) in [6.45, 7) is 2.01. The predicted molar refractivity (Wildman–Crippen MR) is 80.7 cm³/mol. The van der Waals surface area contributed by atoms with Gasteiger partial charge in [0.2, 0.25) is 0 Å². The molecule has 1 aliphatic heterocycles. The van der Waals surface area contributed by atoms with Crippen LogP contribution in [0.25, 0.3) is 0 Å². The molecule has 1 fully saturated rings. The van der Waals surface area contributed by atoms with Gasteiger partial charge in [-0.15, -0.1) is 0 Å². The van der Waals surface area contributed by atoms with Crippen LogP contribution >= 0.6 is 0 Å². The molecule has 118 valence electrons. The van der Waals surface area contributed by atoms with Crippen LogP contribution in [-0.2, 0) is 23.6 Å². The first kappa shape index (κ1) is 14.9. The Morgan fingerprint density at radius 3 is 2.73 bits per heavy atom. The Hall–Kier alpha value is -2.00. The summed E-state index contributed by atoms with van der Waals surface area (Å²) in [6.07, 6.45) is 6.87. The Balaban J connectivity index is 1.69. The Labute approximate surface area is 129 Å². The summed E-state index contributed by atoms with van der Waals surface area (Å²) in [5.74, 6) is 1.29. The van der Waals surface area contributed by atoms with Crippen molar-refractivity contribution in [2.45, 2.75) is 24.4 Å². The number of hydrogen-bond acceptors (Lipinski definition) is 6. The smallest absolute Gasteiger partial charge is 0.259 e. The number of nitrogens with one attached hydrogen (secondary N) is 1. The molecular formula is C13H18N6O2S. The van der Waals surface area contributed by atoms with Crippen LogP contribution in [-0.4, -0.2) is 41.0 Å². The molecule has 0 radical (unpaired) electrons. The van der Waals surface area contributed by atoms with Crippen molar-refractivity contribution in [3.05, 3.63) is 30.6 Å². The van der Waals surface area contributed by atoms with Crippen molar-refractivity contribution < 1.29 is 8.42 Å². The van der Waals surface area contributed by atoms with E-state index in [1.54, 1.807) is 17.8 Å². The molecule has 0 atom stereocenters. The molecule has 3 heterocycles. The number of rotatable bonds is 5. The molecule has 0 spiro atoms. The Bertz CT molecular complexity index is 751. The SMILES string of the molecule is Cn1cnc(S(=O)(=O)NCc2nccc(N3CCCC3)n2)c1. The third kappa shape index (κ3) is 3.25. The highest BCUT2D eigenvalue weighted by Gasteiger charge is 2.18. The summed E-state index contributed by atoms with van der Waals surface area (Å²) in [7, 11) is -1.93. The molecule has 22 heavy (non-hydrogen) atoms. The summed E-state index contributed by atoms with van der Waals surface area (Å²) < 4.78 is 28.3. The first-order valence-corrected chi connectivity index (χ1v) is 8.57. The van der Waals surface area contributed by atoms with Gasteiger partial charge in [-0.2, -0.15) is 0 Å². The fourth-order valence-corrected chi connectivity index (χ4v) is 3.31. The minimum atomic E-state index is -3.65. The van der Waals surface area contributed by atoms with E-state index in [2.05, 4.69) is 24.6 Å². The van der Waals surface area contributed by atoms with Crippen molar-refractivity contribution in [2.75, 3.05) is 18.0 Å². The van der Waals surface area contributed by atoms with E-state index in [-0.39, 0.29) is 11.6 Å². The van der Waals surface area contributed by atoms with Gasteiger partial charge in [0.05, 0.1) is 12.9 Å². The van der Waals surface area contributed by atoms with Gasteiger partial charge in [0.1, 0.15) is 11.6 Å². The number of hydrogen-bond donors (Lipinski definition) is 1. The van der Waals surface area contributed by atoms with Crippen LogP contribution in [0.1, 0.15) is 18.7 Å². The number of aromatic nitrogens is 4. The lowest BCUT2D eigenvalue weighted by molar-refractivity contribution is 0.576. The molecule has 0 aromatic carbocycles. The zero-order valence-electron chi connectivity index (χ0n) is 12.3. The summed E-state index contributed by atoms with van der Waals surface area (Å²) in [5.41, 5.74) is 0. The number of anilines is 1. The van der Waals surface area contributed by atoms with Crippen LogP contribution in [0.3, 0.4) is 0 Å². The summed E-state index contributed by atoms with van der Waals surface area (Å²) in [6, 6.07) is 1.85. The molecule has 3 rings (SSSR count). The van der Waals surface area contributed by atoms with Crippen molar-refractivity contribution in [2.24, 2.45) is 7.05 Å². The fourth-order valence-electron chi connectivity index (χ4n) is 2.36. The van der Waals surface area contributed by atoms with Crippen LogP contribution in [0.5, 0.6) is 0 Å². The first-order chi connectivity index (χ1) is 10.5. The second kappa shape index (κ2) is 6.01. The molecular weight excluding hydrogens is 304 g/mol. The molecule has 1 saturated heterocycles. The van der Waals surface area contributed by atoms with Gasteiger partial charge < -0.3 is 9.47 Å². The van der Waals surface area contributed by atoms with Gasteiger partial charge in [0.25, 0.3) is 10.0 Å². The quantitative estimate of drug-likeness (QED) is 0.850. The Morgan fingerprint density at radius 2 is 2.05 bits per heavy atom. The third-order valence-electron chi connectivity index (χ3n) is 3.50. The maximum absolute atomic E-state index is 12.1. The van der Waals surface area contributed by atoms with E-state index in [1.807, 2.05) is 6.07 Å². The normalized spacial score (nSPS) is 15.4. The molecule has 9 heteroatoms. The molecule has 2 aromatic rings. The van der Waals surface area contributed by atoms with Gasteiger partial charge in [-0.1, -0.05) is 0 Å². The lowest BCUT2D eigenvalue weighted by Crippen LogP contribution is -2.25. The lowest BCUT2D eigenvalue weighted by atomic mass is 10.4. The van der Waals surface area contributed by atoms with E-state index >= 15 is 0 Å². The average molecular weight is 322 g/mol. The molecule has 0 bridgehead atoms. The zero-order valence-corrected chi connectivity index (χ0v) is 13.1. The van der Waals surface area contributed by atoms with E-state index < -0.39 is 10.0 Å². The van der Waals surface area contributed by atoms with Crippen molar-refractivity contribution in [3.63, 3.8) is 0 Å². The highest BCUT2D eigenvalue weighted by atomic mass is 32.2. The molecule has 2 aromatic heterocycles. The second-order valence-corrected chi connectivity index (χ2v) is 6.94. The van der Waals surface area contributed by atoms with Gasteiger partial charge in [-0.25, -0.2) is 28.1 Å². The van der Waals surface area contributed by atoms with Gasteiger partial charge in [0.15, 0.2) is 5.03 Å². The molecule has 0 saturated carbocycles. The van der Waals surface area contributed by atoms with Crippen LogP contribution in [0.15, 0.2) is 29.8 Å². The maximum Gasteiger partial charge on any atom is 0.259 e. The minimum absolute atomic E-state index is 0.00861. The second-order valence-electron chi connectivity index (χ2n) is 5.23. The van der Waals surface area contributed by atoms with Gasteiger partial charge in [-0.3, -0.25) is 0 Å². The lowest BCUT2D eigenvalue weighted by Gasteiger charge is -2.16. The molecule has 0 aliphatic carbocycles. The standard InChI is InChI=1S/C13H18N6O2S/c1-18-9-13(15-10-18)22(20,21)16-8-11-14-5-4-12(17-11)19-6-2-3-7-19/h4-5,9-10,16H,2-3,6-8H2,1H3. The van der Waals surface area contributed by atoms with E-state index in [4.69, 9.17) is 0 Å². The molecule has 0 unspecified atom stereocenters. The highest BCUT2D eigenvalue weighted by Crippen LogP contribution is 2.17. The zero-order chi connectivity index (χ0) is 15.6. The Morgan fingerprint density at radius 1 is 1.27 bits per heavy atom. The molecule has 1 aliphatic rings. The van der Waals surface area contributed by atoms with Crippen molar-refractivity contribution in [1.29, 1.82) is 0 Å². The van der Waals surface area contributed by atoms with Crippen LogP contribution in [0.2, 0.25) is 0 Å². The number of aryl methyl sites for hydroxylation is 1. The van der Waals surface area contributed by atoms with Crippen LogP contribution in [0, 0.1) is 0 Å². The number of imidazole rings is 1. The first-order valence-electron chi connectivity index (χ1n) is 7.09. The van der Waals surface area contributed by atoms with E-state index in [1.165, 1.54) is 12.5 Å². The van der Waals surface area contributed by atoms with E-state index in [9.17, 15) is 8.42 Å². The summed E-state index contributed by atoms with van der Waals surface area (Å²) in [5, 5.41) is -0.00861. The van der Waals surface area contributed by atoms with Gasteiger partial charge >= 0.3 is 0 Å². The Kier molecular flexibility index (Phi) is 4.08. The van der Waals surface area contributed by atoms with Crippen molar-refractivity contribution in [1.82, 2.24) is 24.2 Å². The molecule has 8 nitrogen and oxygen atoms in total. The number of sulfonamides is 1. The summed E-state index contributed by atoms with van der Waals surface area (Å²) >= 11 is 0. The van der Waals surface area contributed by atoms with Crippen LogP contribution in [0.4, 0.5) is 5.82 Å². The monoisotopic (exact) mass is 322 g/mol. The fraction of sp³-hybridized carbons (Fsp3) is 0.462. The average Bonchev–Trinajstić information content (AvgIpc) is 3.17. The maximum atomic E-state index is 12.1. The van der Waals surface area contributed by atoms with E-state index in [0.717, 1.165) is 31.7 Å². The van der Waals surface area contributed by atoms with Crippen molar-refractivity contribution in [3.8, 4) is 0 Å². The molecule has 1 N–H and O–H groups in total. The number of nitrogens with zero attached hydrogens (tertiary/aromatic N) is 5. The van der Waals surface area contributed by atoms with Gasteiger partial charge in [0, 0.05) is 32.5 Å². The van der Waals surface area contributed by atoms with Crippen LogP contribution < -0.4 is 9.62 Å². The highest BCUT2D eigenvalue weighted by molar-refractivity contribution is 7.89. The minimum Gasteiger partial charge on any atom is -0.357 e. The summed E-state index contributed by atoms with van der Waals surface area (Å²) in [4.78, 5) is 14.6. The predicted octanol–water partition coefficient (Wildman–Crippen LogP) is 0.289. The largest absolute Gasteiger partial charge is 0.357 e. The topological polar surface area (TPSA) is 93.0 Å². The van der Waals surface area contributed by atoms with Gasteiger partial charge in [-0.05, 0) is 18.9 Å². The third-order valence-corrected chi connectivity index (χ3v) is 4.78. The molecule has 0 amide bonds. The van der Waals surface area contributed by atoms with E-state index in [0.29, 0.717) is 5.82 Å². The van der Waals surface area contributed by atoms with Crippen molar-refractivity contribution >= 4 is 15.8 Å².